The summed E-state index contributed by atoms with van der Waals surface area (Å²) < 4.78 is 28.2. The first-order chi connectivity index (χ1) is 4.06. The molecular formula is C4H9ClNaO3S. The Morgan fingerprint density at radius 3 is 2.10 bits per heavy atom. The van der Waals surface area contributed by atoms with Gasteiger partial charge in [0.1, 0.15) is 0 Å². The summed E-state index contributed by atoms with van der Waals surface area (Å²) in [7, 11) is -3.76. The van der Waals surface area contributed by atoms with E-state index < -0.39 is 10.1 Å². The van der Waals surface area contributed by atoms with E-state index in [2.05, 4.69) is 0 Å². The molecule has 1 N–H and O–H groups in total. The number of halogens is 1. The van der Waals surface area contributed by atoms with Crippen LogP contribution in [0.15, 0.2) is 0 Å². The minimum Gasteiger partial charge on any atom is -0.286 e. The van der Waals surface area contributed by atoms with Gasteiger partial charge in [0.2, 0.25) is 0 Å². The van der Waals surface area contributed by atoms with Crippen molar-refractivity contribution in [3.63, 3.8) is 0 Å². The maximum absolute atomic E-state index is 10.0. The quantitative estimate of drug-likeness (QED) is 0.308. The van der Waals surface area contributed by atoms with Crippen LogP contribution in [0.2, 0.25) is 0 Å². The molecule has 0 fully saturated rings. The van der Waals surface area contributed by atoms with Gasteiger partial charge in [-0.15, -0.1) is 11.6 Å². The average Bonchev–Trinajstić information content (AvgIpc) is 1.63. The van der Waals surface area contributed by atoms with Crippen LogP contribution in [0.4, 0.5) is 0 Å². The molecule has 10 heavy (non-hydrogen) atoms. The largest absolute Gasteiger partial charge is 0.286 e. The monoisotopic (exact) mass is 195 g/mol. The van der Waals surface area contributed by atoms with Gasteiger partial charge in [-0.2, -0.15) is 8.42 Å². The molecule has 0 saturated heterocycles. The van der Waals surface area contributed by atoms with Crippen molar-refractivity contribution in [1.29, 1.82) is 0 Å². The number of hydrogen-bond donors (Lipinski definition) is 1. The summed E-state index contributed by atoms with van der Waals surface area (Å²) in [6, 6.07) is 0. The first-order valence-corrected chi connectivity index (χ1v) is 4.72. The van der Waals surface area contributed by atoms with Crippen molar-refractivity contribution < 1.29 is 13.0 Å². The maximum atomic E-state index is 10.0. The number of unbranched alkanes of at least 4 members (excludes halogenated alkanes) is 1. The molecule has 0 aliphatic carbocycles. The van der Waals surface area contributed by atoms with Gasteiger partial charge in [0, 0.05) is 35.4 Å². The third-order valence-electron chi connectivity index (χ3n) is 0.786. The molecular weight excluding hydrogens is 187 g/mol. The molecule has 0 rings (SSSR count). The average molecular weight is 196 g/mol. The van der Waals surface area contributed by atoms with Crippen molar-refractivity contribution >= 4 is 51.3 Å². The van der Waals surface area contributed by atoms with Gasteiger partial charge < -0.3 is 0 Å². The normalized spacial score (nSPS) is 10.6. The van der Waals surface area contributed by atoms with Gasteiger partial charge in [-0.1, -0.05) is 0 Å². The second-order valence-electron chi connectivity index (χ2n) is 1.68. The first kappa shape index (κ1) is 13.8. The molecule has 0 spiro atoms. The summed E-state index contributed by atoms with van der Waals surface area (Å²) >= 11 is 5.25. The Morgan fingerprint density at radius 1 is 1.30 bits per heavy atom. The maximum Gasteiger partial charge on any atom is 0.264 e. The fourth-order valence-electron chi connectivity index (χ4n) is 0.379. The zero-order valence-corrected chi connectivity index (χ0v) is 9.45. The van der Waals surface area contributed by atoms with E-state index in [1.54, 1.807) is 0 Å². The van der Waals surface area contributed by atoms with Gasteiger partial charge in [-0.25, -0.2) is 0 Å². The summed E-state index contributed by atoms with van der Waals surface area (Å²) in [4.78, 5) is 0. The van der Waals surface area contributed by atoms with E-state index in [4.69, 9.17) is 16.2 Å². The van der Waals surface area contributed by atoms with Crippen LogP contribution in [0.1, 0.15) is 12.8 Å². The Bertz CT molecular complexity index is 156. The number of hydrogen-bond acceptors (Lipinski definition) is 2. The first-order valence-electron chi connectivity index (χ1n) is 2.57. The Morgan fingerprint density at radius 2 is 1.80 bits per heavy atom. The van der Waals surface area contributed by atoms with E-state index in [1.807, 2.05) is 0 Å². The van der Waals surface area contributed by atoms with Gasteiger partial charge in [-0.05, 0) is 12.8 Å². The molecule has 0 aromatic carbocycles. The second-order valence-corrected chi connectivity index (χ2v) is 3.63. The van der Waals surface area contributed by atoms with E-state index in [1.165, 1.54) is 0 Å². The van der Waals surface area contributed by atoms with Crippen molar-refractivity contribution in [3.05, 3.63) is 0 Å². The van der Waals surface area contributed by atoms with Crippen molar-refractivity contribution in [2.75, 3.05) is 11.6 Å². The molecule has 0 aliphatic rings. The van der Waals surface area contributed by atoms with Gasteiger partial charge in [-0.3, -0.25) is 4.55 Å². The number of rotatable bonds is 4. The molecule has 0 heterocycles. The summed E-state index contributed by atoms with van der Waals surface area (Å²) in [5.74, 6) is 0.259. The predicted molar refractivity (Wildman–Crippen MR) is 42.1 cm³/mol. The van der Waals surface area contributed by atoms with E-state index >= 15 is 0 Å². The molecule has 57 valence electrons. The van der Waals surface area contributed by atoms with E-state index in [9.17, 15) is 8.42 Å². The van der Waals surface area contributed by atoms with Crippen LogP contribution >= 0.6 is 11.6 Å². The zero-order chi connectivity index (χ0) is 7.33. The van der Waals surface area contributed by atoms with Crippen molar-refractivity contribution in [1.82, 2.24) is 0 Å². The predicted octanol–water partition coefficient (Wildman–Crippen LogP) is 0.512. The molecule has 0 saturated carbocycles. The molecule has 0 aliphatic heterocycles. The standard InChI is InChI=1S/C4H9ClO3S.Na/c5-3-1-2-4-9(6,7)8;/h1-4H2,(H,6,7,8);. The van der Waals surface area contributed by atoms with Gasteiger partial charge in [0.25, 0.3) is 10.1 Å². The van der Waals surface area contributed by atoms with Crippen LogP contribution < -0.4 is 0 Å². The van der Waals surface area contributed by atoms with E-state index in [0.29, 0.717) is 18.7 Å². The Balaban J connectivity index is 0. The number of alkyl halides is 1. The second kappa shape index (κ2) is 6.88. The van der Waals surface area contributed by atoms with Gasteiger partial charge in [0.05, 0.1) is 5.75 Å². The molecule has 0 unspecified atom stereocenters. The third-order valence-corrected chi connectivity index (χ3v) is 1.86. The molecule has 0 bridgehead atoms. The SMILES string of the molecule is O=S(=O)(O)CCCCCl.[Na]. The minimum absolute atomic E-state index is 0. The Labute approximate surface area is 88.2 Å². The Kier molecular flexibility index (Phi) is 9.48. The summed E-state index contributed by atoms with van der Waals surface area (Å²) in [6.45, 7) is 0. The smallest absolute Gasteiger partial charge is 0.264 e. The molecule has 0 atom stereocenters. The van der Waals surface area contributed by atoms with Crippen LogP contribution in [0.25, 0.3) is 0 Å². The molecule has 6 heteroatoms. The van der Waals surface area contributed by atoms with Crippen LogP contribution in [-0.4, -0.2) is 54.2 Å². The van der Waals surface area contributed by atoms with E-state index in [-0.39, 0.29) is 35.3 Å². The minimum atomic E-state index is -3.76. The molecule has 0 amide bonds. The zero-order valence-electron chi connectivity index (χ0n) is 5.88. The van der Waals surface area contributed by atoms with Gasteiger partial charge >= 0.3 is 0 Å². The molecule has 0 aromatic heterocycles. The van der Waals surface area contributed by atoms with Crippen LogP contribution in [0.3, 0.4) is 0 Å². The van der Waals surface area contributed by atoms with Gasteiger partial charge in [0.15, 0.2) is 0 Å². The summed E-state index contributed by atoms with van der Waals surface area (Å²) in [5, 5.41) is 0. The fourth-order valence-corrected chi connectivity index (χ4v) is 1.14. The van der Waals surface area contributed by atoms with Crippen molar-refractivity contribution in [3.8, 4) is 0 Å². The molecule has 1 radical (unpaired) electrons. The molecule has 3 nitrogen and oxygen atoms in total. The fraction of sp³-hybridized carbons (Fsp3) is 1.00. The Hall–Kier alpha value is 1.20. The van der Waals surface area contributed by atoms with Crippen LogP contribution in [0.5, 0.6) is 0 Å². The van der Waals surface area contributed by atoms with Crippen molar-refractivity contribution in [2.45, 2.75) is 12.8 Å². The molecule has 0 aromatic rings. The summed E-state index contributed by atoms with van der Waals surface area (Å²) in [6.07, 6.45) is 1.06. The van der Waals surface area contributed by atoms with E-state index in [0.717, 1.165) is 0 Å². The third kappa shape index (κ3) is 11.9. The summed E-state index contributed by atoms with van der Waals surface area (Å²) in [5.41, 5.74) is 0. The van der Waals surface area contributed by atoms with Crippen LogP contribution in [0, 0.1) is 0 Å². The van der Waals surface area contributed by atoms with Crippen molar-refractivity contribution in [2.24, 2.45) is 0 Å². The topological polar surface area (TPSA) is 54.4 Å². The van der Waals surface area contributed by atoms with Crippen LogP contribution in [-0.2, 0) is 10.1 Å².